The number of carbonyl (C=O) groups is 1. The zero-order chi connectivity index (χ0) is 20.9. The molecule has 2 heterocycles. The molecule has 7 nitrogen and oxygen atoms in total. The van der Waals surface area contributed by atoms with Gasteiger partial charge in [-0.15, -0.1) is 0 Å². The van der Waals surface area contributed by atoms with Crippen molar-refractivity contribution in [3.8, 4) is 11.5 Å². The lowest BCUT2D eigenvalue weighted by molar-refractivity contribution is -0.122. The number of oxazole rings is 1. The maximum atomic E-state index is 12.4. The first-order valence-electron chi connectivity index (χ1n) is 10.2. The Hall–Kier alpha value is -3.06. The standard InChI is InChI=1S/C23H27N3O4/c1-28-20-8-7-16(13-21(20)29-2)14-24-22(27)15-26-11-9-17(10-12-26)23-25-18-5-3-4-6-19(18)30-23/h3-8,13,17H,9-12,14-15H2,1-2H3,(H,24,27). The molecule has 0 bridgehead atoms. The van der Waals surface area contributed by atoms with Gasteiger partial charge in [-0.3, -0.25) is 9.69 Å². The van der Waals surface area contributed by atoms with Gasteiger partial charge in [-0.2, -0.15) is 0 Å². The Morgan fingerprint density at radius 2 is 1.90 bits per heavy atom. The fraction of sp³-hybridized carbons (Fsp3) is 0.391. The lowest BCUT2D eigenvalue weighted by Crippen LogP contribution is -2.41. The molecule has 3 aromatic rings. The van der Waals surface area contributed by atoms with Crippen molar-refractivity contribution >= 4 is 17.0 Å². The van der Waals surface area contributed by atoms with Crippen LogP contribution in [-0.4, -0.2) is 49.6 Å². The van der Waals surface area contributed by atoms with Crippen molar-refractivity contribution in [1.82, 2.24) is 15.2 Å². The number of likely N-dealkylation sites (tertiary alicyclic amines) is 1. The van der Waals surface area contributed by atoms with Crippen LogP contribution in [0.15, 0.2) is 46.9 Å². The Labute approximate surface area is 176 Å². The van der Waals surface area contributed by atoms with Gasteiger partial charge in [0.25, 0.3) is 0 Å². The van der Waals surface area contributed by atoms with E-state index < -0.39 is 0 Å². The molecule has 0 aliphatic carbocycles. The molecule has 0 unspecified atom stereocenters. The van der Waals surface area contributed by atoms with E-state index in [9.17, 15) is 4.79 Å². The molecule has 1 fully saturated rings. The zero-order valence-corrected chi connectivity index (χ0v) is 17.4. The summed E-state index contributed by atoms with van der Waals surface area (Å²) < 4.78 is 16.5. The van der Waals surface area contributed by atoms with E-state index in [1.165, 1.54) is 0 Å². The number of amides is 1. The number of fused-ring (bicyclic) bond motifs is 1. The number of nitrogens with one attached hydrogen (secondary N) is 1. The van der Waals surface area contributed by atoms with Crippen molar-refractivity contribution in [2.75, 3.05) is 33.9 Å². The fourth-order valence-electron chi connectivity index (χ4n) is 3.85. The minimum Gasteiger partial charge on any atom is -0.493 e. The largest absolute Gasteiger partial charge is 0.493 e. The van der Waals surface area contributed by atoms with Crippen LogP contribution in [0.5, 0.6) is 11.5 Å². The number of rotatable bonds is 7. The topological polar surface area (TPSA) is 76.8 Å². The van der Waals surface area contributed by atoms with E-state index in [4.69, 9.17) is 13.9 Å². The van der Waals surface area contributed by atoms with Crippen LogP contribution in [0, 0.1) is 0 Å². The van der Waals surface area contributed by atoms with Crippen LogP contribution in [0.3, 0.4) is 0 Å². The van der Waals surface area contributed by atoms with Crippen LogP contribution in [0.1, 0.15) is 30.2 Å². The maximum absolute atomic E-state index is 12.4. The monoisotopic (exact) mass is 409 g/mol. The Morgan fingerprint density at radius 1 is 1.13 bits per heavy atom. The molecule has 1 N–H and O–H groups in total. The normalized spacial score (nSPS) is 15.3. The van der Waals surface area contributed by atoms with Gasteiger partial charge in [0.1, 0.15) is 5.52 Å². The molecule has 158 valence electrons. The number of aromatic nitrogens is 1. The van der Waals surface area contributed by atoms with Crippen LogP contribution in [0.4, 0.5) is 0 Å². The third kappa shape index (κ3) is 4.57. The number of carbonyl (C=O) groups excluding carboxylic acids is 1. The zero-order valence-electron chi connectivity index (χ0n) is 17.4. The third-order valence-electron chi connectivity index (χ3n) is 5.55. The number of para-hydroxylation sites is 2. The summed E-state index contributed by atoms with van der Waals surface area (Å²) in [7, 11) is 3.21. The Balaban J connectivity index is 1.25. The van der Waals surface area contributed by atoms with Gasteiger partial charge in [0.15, 0.2) is 23.0 Å². The van der Waals surface area contributed by atoms with Crippen LogP contribution in [0.2, 0.25) is 0 Å². The average Bonchev–Trinajstić information content (AvgIpc) is 3.22. The highest BCUT2D eigenvalue weighted by molar-refractivity contribution is 5.78. The van der Waals surface area contributed by atoms with E-state index in [0.29, 0.717) is 30.5 Å². The first kappa shape index (κ1) is 20.2. The van der Waals surface area contributed by atoms with Crippen molar-refractivity contribution in [1.29, 1.82) is 0 Å². The molecule has 0 atom stereocenters. The molecule has 1 amide bonds. The summed E-state index contributed by atoms with van der Waals surface area (Å²) in [6, 6.07) is 13.5. The van der Waals surface area contributed by atoms with Crippen molar-refractivity contribution in [2.24, 2.45) is 0 Å². The molecule has 1 aliphatic rings. The van der Waals surface area contributed by atoms with Gasteiger partial charge in [-0.05, 0) is 55.8 Å². The Bertz CT molecular complexity index is 976. The van der Waals surface area contributed by atoms with Crippen LogP contribution >= 0.6 is 0 Å². The number of benzene rings is 2. The predicted octanol–water partition coefficient (Wildman–Crippen LogP) is 3.34. The molecule has 2 aromatic carbocycles. The Kier molecular flexibility index (Phi) is 6.18. The smallest absolute Gasteiger partial charge is 0.234 e. The maximum Gasteiger partial charge on any atom is 0.234 e. The molecule has 0 saturated carbocycles. The summed E-state index contributed by atoms with van der Waals surface area (Å²) >= 11 is 0. The predicted molar refractivity (Wildman–Crippen MR) is 114 cm³/mol. The Morgan fingerprint density at radius 3 is 2.63 bits per heavy atom. The fourth-order valence-corrected chi connectivity index (χ4v) is 3.85. The second-order valence-corrected chi connectivity index (χ2v) is 7.54. The summed E-state index contributed by atoms with van der Waals surface area (Å²) in [5.41, 5.74) is 2.71. The van der Waals surface area contributed by atoms with E-state index in [1.807, 2.05) is 42.5 Å². The highest BCUT2D eigenvalue weighted by Gasteiger charge is 2.25. The molecule has 1 aliphatic heterocycles. The molecular weight excluding hydrogens is 382 g/mol. The van der Waals surface area contributed by atoms with E-state index in [2.05, 4.69) is 15.2 Å². The summed E-state index contributed by atoms with van der Waals surface area (Å²) in [5, 5.41) is 2.99. The summed E-state index contributed by atoms with van der Waals surface area (Å²) in [5.74, 6) is 2.47. The quantitative estimate of drug-likeness (QED) is 0.645. The molecule has 30 heavy (non-hydrogen) atoms. The van der Waals surface area contributed by atoms with Gasteiger partial charge in [-0.1, -0.05) is 18.2 Å². The SMILES string of the molecule is COc1ccc(CNC(=O)CN2CCC(c3nc4ccccc4o3)CC2)cc1OC. The number of piperidine rings is 1. The van der Waals surface area contributed by atoms with Gasteiger partial charge < -0.3 is 19.2 Å². The van der Waals surface area contributed by atoms with Crippen molar-refractivity contribution in [2.45, 2.75) is 25.3 Å². The summed E-state index contributed by atoms with van der Waals surface area (Å²) in [4.78, 5) is 19.2. The molecule has 1 aromatic heterocycles. The number of hydrogen-bond acceptors (Lipinski definition) is 6. The number of methoxy groups -OCH3 is 2. The van der Waals surface area contributed by atoms with Crippen molar-refractivity contribution < 1.29 is 18.7 Å². The highest BCUT2D eigenvalue weighted by atomic mass is 16.5. The number of nitrogens with zero attached hydrogens (tertiary/aromatic N) is 2. The minimum absolute atomic E-state index is 0.0186. The van der Waals surface area contributed by atoms with Crippen molar-refractivity contribution in [3.05, 3.63) is 53.9 Å². The average molecular weight is 409 g/mol. The van der Waals surface area contributed by atoms with E-state index in [1.54, 1.807) is 14.2 Å². The first-order valence-corrected chi connectivity index (χ1v) is 10.2. The van der Waals surface area contributed by atoms with Gasteiger partial charge in [0.2, 0.25) is 5.91 Å². The van der Waals surface area contributed by atoms with E-state index in [0.717, 1.165) is 48.5 Å². The van der Waals surface area contributed by atoms with Gasteiger partial charge >= 0.3 is 0 Å². The first-order chi connectivity index (χ1) is 14.7. The number of hydrogen-bond donors (Lipinski definition) is 1. The second-order valence-electron chi connectivity index (χ2n) is 7.54. The third-order valence-corrected chi connectivity index (χ3v) is 5.55. The lowest BCUT2D eigenvalue weighted by Gasteiger charge is -2.29. The van der Waals surface area contributed by atoms with Crippen LogP contribution in [0.25, 0.3) is 11.1 Å². The van der Waals surface area contributed by atoms with Gasteiger partial charge in [-0.25, -0.2) is 4.98 Å². The minimum atomic E-state index is 0.0186. The molecule has 1 saturated heterocycles. The van der Waals surface area contributed by atoms with Crippen LogP contribution < -0.4 is 14.8 Å². The number of ether oxygens (including phenoxy) is 2. The molecular formula is C23H27N3O4. The van der Waals surface area contributed by atoms with E-state index in [-0.39, 0.29) is 5.91 Å². The molecule has 0 radical (unpaired) electrons. The van der Waals surface area contributed by atoms with Gasteiger partial charge in [0.05, 0.1) is 20.8 Å². The molecule has 7 heteroatoms. The summed E-state index contributed by atoms with van der Waals surface area (Å²) in [6.07, 6.45) is 1.88. The lowest BCUT2D eigenvalue weighted by atomic mass is 9.97. The summed E-state index contributed by atoms with van der Waals surface area (Å²) in [6.45, 7) is 2.56. The van der Waals surface area contributed by atoms with Gasteiger partial charge in [0, 0.05) is 12.5 Å². The van der Waals surface area contributed by atoms with Crippen molar-refractivity contribution in [3.63, 3.8) is 0 Å². The van der Waals surface area contributed by atoms with E-state index >= 15 is 0 Å². The van der Waals surface area contributed by atoms with Crippen LogP contribution in [-0.2, 0) is 11.3 Å². The molecule has 0 spiro atoms. The second kappa shape index (κ2) is 9.17. The highest BCUT2D eigenvalue weighted by Crippen LogP contribution is 2.30. The molecule has 4 rings (SSSR count).